The third kappa shape index (κ3) is 2.62. The Bertz CT molecular complexity index is 791. The number of carbonyl (C=O) groups excluding carboxylic acids is 2. The first-order valence-corrected chi connectivity index (χ1v) is 8.11. The van der Waals surface area contributed by atoms with Crippen LogP contribution in [0.5, 0.6) is 0 Å². The number of nitrogens with one attached hydrogen (secondary N) is 1. The Morgan fingerprint density at radius 2 is 1.86 bits per heavy atom. The van der Waals surface area contributed by atoms with Crippen LogP contribution in [-0.4, -0.2) is 16.8 Å². The topological polar surface area (TPSA) is 66.4 Å². The van der Waals surface area contributed by atoms with Gasteiger partial charge in [-0.15, -0.1) is 0 Å². The first-order valence-electron chi connectivity index (χ1n) is 6.53. The normalized spacial score (nSPS) is 19.7. The number of hydrogen-bond acceptors (Lipinski definition) is 3. The largest absolute Gasteiger partial charge is 0.375 e. The highest BCUT2D eigenvalue weighted by Gasteiger charge is 2.46. The molecule has 22 heavy (non-hydrogen) atoms. The summed E-state index contributed by atoms with van der Waals surface area (Å²) in [5.74, 6) is -0.879. The summed E-state index contributed by atoms with van der Waals surface area (Å²) < 4.78 is 1.50. The van der Waals surface area contributed by atoms with Crippen LogP contribution in [0.4, 0.5) is 5.69 Å². The maximum Gasteiger partial charge on any atom is 0.261 e. The summed E-state index contributed by atoms with van der Waals surface area (Å²) in [6.45, 7) is 0. The summed E-state index contributed by atoms with van der Waals surface area (Å²) in [5.41, 5.74) is -0.467. The smallest absolute Gasteiger partial charge is 0.261 e. The molecule has 0 fully saturated rings. The number of benzene rings is 2. The zero-order valence-electron chi connectivity index (χ0n) is 11.3. The van der Waals surface area contributed by atoms with E-state index in [0.717, 1.165) is 8.95 Å². The van der Waals surface area contributed by atoms with Crippen LogP contribution >= 0.6 is 31.9 Å². The third-order valence-electron chi connectivity index (χ3n) is 3.61. The van der Waals surface area contributed by atoms with Crippen molar-refractivity contribution in [3.8, 4) is 0 Å². The summed E-state index contributed by atoms with van der Waals surface area (Å²) in [4.78, 5) is 24.6. The van der Waals surface area contributed by atoms with E-state index in [-0.39, 0.29) is 12.2 Å². The van der Waals surface area contributed by atoms with E-state index in [2.05, 4.69) is 37.2 Å². The number of amides is 1. The number of anilines is 1. The molecule has 0 aliphatic carbocycles. The minimum absolute atomic E-state index is 0.299. The van der Waals surface area contributed by atoms with Gasteiger partial charge >= 0.3 is 0 Å². The number of aliphatic hydroxyl groups is 1. The first-order chi connectivity index (χ1) is 10.4. The molecule has 1 amide bonds. The Morgan fingerprint density at radius 3 is 2.59 bits per heavy atom. The second-order valence-corrected chi connectivity index (χ2v) is 6.95. The highest BCUT2D eigenvalue weighted by molar-refractivity contribution is 9.10. The Balaban J connectivity index is 1.96. The maximum absolute atomic E-state index is 12.4. The molecule has 2 aromatic carbocycles. The van der Waals surface area contributed by atoms with Gasteiger partial charge in [0.2, 0.25) is 0 Å². The fraction of sp³-hybridized carbons (Fsp3) is 0.125. The molecule has 0 saturated heterocycles. The average molecular weight is 425 g/mol. The lowest BCUT2D eigenvalue weighted by molar-refractivity contribution is -0.133. The van der Waals surface area contributed by atoms with Crippen LogP contribution in [0.3, 0.4) is 0 Å². The van der Waals surface area contributed by atoms with Crippen LogP contribution in [0.15, 0.2) is 51.4 Å². The van der Waals surface area contributed by atoms with Gasteiger partial charge in [0.05, 0.1) is 6.42 Å². The molecular weight excluding hydrogens is 414 g/mol. The fourth-order valence-corrected chi connectivity index (χ4v) is 3.25. The van der Waals surface area contributed by atoms with Crippen LogP contribution in [0.25, 0.3) is 0 Å². The summed E-state index contributed by atoms with van der Waals surface area (Å²) >= 11 is 6.62. The molecule has 1 atom stereocenters. The molecule has 1 aliphatic heterocycles. The summed E-state index contributed by atoms with van der Waals surface area (Å²) in [6.07, 6.45) is -0.307. The average Bonchev–Trinajstić information content (AvgIpc) is 2.71. The van der Waals surface area contributed by atoms with Gasteiger partial charge in [0, 0.05) is 25.8 Å². The molecule has 0 spiro atoms. The van der Waals surface area contributed by atoms with Gasteiger partial charge in [-0.1, -0.05) is 44.0 Å². The number of fused-ring (bicyclic) bond motifs is 1. The van der Waals surface area contributed by atoms with Crippen molar-refractivity contribution >= 4 is 49.2 Å². The molecule has 2 aromatic rings. The number of halogens is 2. The van der Waals surface area contributed by atoms with E-state index >= 15 is 0 Å². The Labute approximate surface area is 143 Å². The molecule has 3 rings (SSSR count). The molecular formula is C16H11Br2NO3. The van der Waals surface area contributed by atoms with Crippen LogP contribution in [0.1, 0.15) is 22.3 Å². The first kappa shape index (κ1) is 15.4. The molecule has 1 aliphatic rings. The molecule has 0 saturated carbocycles. The second kappa shape index (κ2) is 5.61. The molecule has 0 radical (unpaired) electrons. The third-order valence-corrected chi connectivity index (χ3v) is 4.60. The molecule has 6 heteroatoms. The molecule has 1 heterocycles. The SMILES string of the molecule is O=C(C[C@@]1(O)C(=O)Nc2ccc(Br)cc21)c1cccc(Br)c1. The van der Waals surface area contributed by atoms with Gasteiger partial charge in [-0.25, -0.2) is 0 Å². The molecule has 112 valence electrons. The van der Waals surface area contributed by atoms with E-state index in [1.807, 2.05) is 0 Å². The fourth-order valence-electron chi connectivity index (χ4n) is 2.49. The Morgan fingerprint density at radius 1 is 1.14 bits per heavy atom. The lowest BCUT2D eigenvalue weighted by Gasteiger charge is -2.20. The van der Waals surface area contributed by atoms with Crippen LogP contribution in [0.2, 0.25) is 0 Å². The number of Topliss-reactive ketones (excluding diaryl/α,β-unsaturated/α-hetero) is 1. The zero-order valence-corrected chi connectivity index (χ0v) is 14.4. The van der Waals surface area contributed by atoms with Crippen LogP contribution < -0.4 is 5.32 Å². The monoisotopic (exact) mass is 423 g/mol. The minimum atomic E-state index is -1.85. The minimum Gasteiger partial charge on any atom is -0.375 e. The van der Waals surface area contributed by atoms with Crippen molar-refractivity contribution in [1.82, 2.24) is 0 Å². The molecule has 0 aromatic heterocycles. The Kier molecular flexibility index (Phi) is 3.92. The van der Waals surface area contributed by atoms with Gasteiger partial charge in [-0.2, -0.15) is 0 Å². The summed E-state index contributed by atoms with van der Waals surface area (Å²) in [7, 11) is 0. The molecule has 0 bridgehead atoms. The molecule has 4 nitrogen and oxygen atoms in total. The predicted octanol–water partition coefficient (Wildman–Crippen LogP) is 3.62. The van der Waals surface area contributed by atoms with Gasteiger partial charge in [-0.3, -0.25) is 9.59 Å². The second-order valence-electron chi connectivity index (χ2n) is 5.11. The van der Waals surface area contributed by atoms with Crippen LogP contribution in [-0.2, 0) is 10.4 Å². The molecule has 0 unspecified atom stereocenters. The number of carbonyl (C=O) groups is 2. The van der Waals surface area contributed by atoms with Crippen molar-refractivity contribution in [2.24, 2.45) is 0 Å². The quantitative estimate of drug-likeness (QED) is 0.739. The van der Waals surface area contributed by atoms with E-state index < -0.39 is 11.5 Å². The standard InChI is InChI=1S/C16H11Br2NO3/c17-10-3-1-2-9(6-10)14(20)8-16(22)12-7-11(18)4-5-13(12)19-15(16)21/h1-7,22H,8H2,(H,19,21)/t16-/m0/s1. The van der Waals surface area contributed by atoms with Crippen molar-refractivity contribution in [2.75, 3.05) is 5.32 Å². The number of rotatable bonds is 3. The van der Waals surface area contributed by atoms with E-state index in [9.17, 15) is 14.7 Å². The Hall–Kier alpha value is -1.50. The lowest BCUT2D eigenvalue weighted by Crippen LogP contribution is -2.36. The molecule has 2 N–H and O–H groups in total. The van der Waals surface area contributed by atoms with Crippen molar-refractivity contribution < 1.29 is 14.7 Å². The number of hydrogen-bond donors (Lipinski definition) is 2. The predicted molar refractivity (Wildman–Crippen MR) is 89.8 cm³/mol. The van der Waals surface area contributed by atoms with E-state index in [1.165, 1.54) is 0 Å². The van der Waals surface area contributed by atoms with Gasteiger partial charge in [0.15, 0.2) is 11.4 Å². The van der Waals surface area contributed by atoms with Gasteiger partial charge in [0.25, 0.3) is 5.91 Å². The summed E-state index contributed by atoms with van der Waals surface area (Å²) in [5, 5.41) is 13.4. The number of ketones is 1. The highest BCUT2D eigenvalue weighted by Crippen LogP contribution is 2.40. The van der Waals surface area contributed by atoms with Crippen molar-refractivity contribution in [1.29, 1.82) is 0 Å². The van der Waals surface area contributed by atoms with Gasteiger partial charge in [-0.05, 0) is 30.3 Å². The van der Waals surface area contributed by atoms with E-state index in [0.29, 0.717) is 16.8 Å². The van der Waals surface area contributed by atoms with Crippen molar-refractivity contribution in [3.05, 3.63) is 62.5 Å². The van der Waals surface area contributed by atoms with Gasteiger partial charge in [0.1, 0.15) is 0 Å². The lowest BCUT2D eigenvalue weighted by atomic mass is 9.88. The van der Waals surface area contributed by atoms with Crippen molar-refractivity contribution in [3.63, 3.8) is 0 Å². The van der Waals surface area contributed by atoms with Gasteiger partial charge < -0.3 is 10.4 Å². The van der Waals surface area contributed by atoms with Crippen molar-refractivity contribution in [2.45, 2.75) is 12.0 Å². The zero-order chi connectivity index (χ0) is 15.9. The highest BCUT2D eigenvalue weighted by atomic mass is 79.9. The maximum atomic E-state index is 12.4. The van der Waals surface area contributed by atoms with E-state index in [1.54, 1.807) is 42.5 Å². The van der Waals surface area contributed by atoms with E-state index in [4.69, 9.17) is 0 Å². The van der Waals surface area contributed by atoms with Crippen LogP contribution in [0, 0.1) is 0 Å². The summed E-state index contributed by atoms with van der Waals surface area (Å²) in [6, 6.07) is 12.0.